The molecule has 3 aromatic rings. The summed E-state index contributed by atoms with van der Waals surface area (Å²) in [6.07, 6.45) is 5.33. The Bertz CT molecular complexity index is 1110. The fourth-order valence-corrected chi connectivity index (χ4v) is 4.78. The van der Waals surface area contributed by atoms with E-state index in [0.717, 1.165) is 36.9 Å². The third-order valence-electron chi connectivity index (χ3n) is 6.30. The molecule has 1 aliphatic carbocycles. The zero-order chi connectivity index (χ0) is 21.3. The first-order chi connectivity index (χ1) is 15.1. The van der Waals surface area contributed by atoms with Crippen LogP contribution >= 0.6 is 0 Å². The van der Waals surface area contributed by atoms with Crippen molar-refractivity contribution in [2.75, 3.05) is 4.90 Å². The van der Waals surface area contributed by atoms with Gasteiger partial charge in [0, 0.05) is 5.69 Å². The van der Waals surface area contributed by atoms with Crippen molar-refractivity contribution in [3.8, 4) is 22.3 Å². The molecule has 0 aromatic heterocycles. The van der Waals surface area contributed by atoms with Gasteiger partial charge in [0.25, 0.3) is 0 Å². The number of anilines is 1. The Morgan fingerprint density at radius 2 is 1.16 bits per heavy atom. The van der Waals surface area contributed by atoms with Crippen LogP contribution in [0.2, 0.25) is 0 Å². The Hall–Kier alpha value is -3.60. The lowest BCUT2D eigenvalue weighted by atomic mass is 9.87. The lowest BCUT2D eigenvalue weighted by Gasteiger charge is -2.45. The van der Waals surface area contributed by atoms with E-state index in [2.05, 4.69) is 82.7 Å². The van der Waals surface area contributed by atoms with Crippen LogP contribution in [0.25, 0.3) is 22.3 Å². The molecule has 0 unspecified atom stereocenters. The number of aliphatic imine (C=N–C) groups is 2. The second-order valence-corrected chi connectivity index (χ2v) is 8.31. The molecule has 3 aromatic carbocycles. The average molecular weight is 410 g/mol. The SMILES string of the molecule is NC1=NC2(CCCCC2)N(c2ccc(-c3ccc(-c4ccccc4)cc3)cc2)C(N)=N1. The molecule has 31 heavy (non-hydrogen) atoms. The van der Waals surface area contributed by atoms with Crippen LogP contribution < -0.4 is 16.4 Å². The molecular formula is C26H27N5. The Morgan fingerprint density at radius 1 is 0.645 bits per heavy atom. The Labute approximate surface area is 183 Å². The van der Waals surface area contributed by atoms with Crippen LogP contribution in [0, 0.1) is 0 Å². The molecule has 5 heteroatoms. The number of rotatable bonds is 3. The Balaban J connectivity index is 1.42. The molecule has 1 fully saturated rings. The van der Waals surface area contributed by atoms with Gasteiger partial charge in [-0.15, -0.1) is 0 Å². The second-order valence-electron chi connectivity index (χ2n) is 8.31. The van der Waals surface area contributed by atoms with E-state index in [-0.39, 0.29) is 5.96 Å². The number of benzene rings is 3. The minimum absolute atomic E-state index is 0.283. The minimum atomic E-state index is -0.410. The lowest BCUT2D eigenvalue weighted by Crippen LogP contribution is -2.58. The molecule has 0 amide bonds. The Morgan fingerprint density at radius 3 is 1.74 bits per heavy atom. The smallest absolute Gasteiger partial charge is 0.220 e. The van der Waals surface area contributed by atoms with Gasteiger partial charge in [-0.25, -0.2) is 4.99 Å². The first kappa shape index (κ1) is 19.4. The molecule has 156 valence electrons. The van der Waals surface area contributed by atoms with Crippen LogP contribution in [0.1, 0.15) is 32.1 Å². The van der Waals surface area contributed by atoms with E-state index in [1.807, 2.05) is 6.07 Å². The first-order valence-electron chi connectivity index (χ1n) is 10.9. The molecule has 0 atom stereocenters. The quantitative estimate of drug-likeness (QED) is 0.629. The van der Waals surface area contributed by atoms with E-state index in [0.29, 0.717) is 5.96 Å². The fourth-order valence-electron chi connectivity index (χ4n) is 4.78. The van der Waals surface area contributed by atoms with Crippen LogP contribution in [0.3, 0.4) is 0 Å². The van der Waals surface area contributed by atoms with Crippen molar-refractivity contribution < 1.29 is 0 Å². The maximum Gasteiger partial charge on any atom is 0.220 e. The van der Waals surface area contributed by atoms with Crippen molar-refractivity contribution in [1.29, 1.82) is 0 Å². The van der Waals surface area contributed by atoms with Crippen LogP contribution in [0.4, 0.5) is 5.69 Å². The van der Waals surface area contributed by atoms with Crippen LogP contribution in [-0.2, 0) is 0 Å². The number of hydrogen-bond acceptors (Lipinski definition) is 5. The van der Waals surface area contributed by atoms with Crippen molar-refractivity contribution in [3.63, 3.8) is 0 Å². The van der Waals surface area contributed by atoms with Crippen LogP contribution in [0.5, 0.6) is 0 Å². The number of nitrogens with two attached hydrogens (primary N) is 2. The molecule has 1 spiro atoms. The topological polar surface area (TPSA) is 80.0 Å². The predicted molar refractivity (Wildman–Crippen MR) is 129 cm³/mol. The number of guanidine groups is 2. The minimum Gasteiger partial charge on any atom is -0.369 e. The van der Waals surface area contributed by atoms with E-state index in [9.17, 15) is 0 Å². The van der Waals surface area contributed by atoms with Crippen molar-refractivity contribution in [2.45, 2.75) is 37.8 Å². The summed E-state index contributed by atoms with van der Waals surface area (Å²) in [6, 6.07) is 27.6. The summed E-state index contributed by atoms with van der Waals surface area (Å²) < 4.78 is 0. The van der Waals surface area contributed by atoms with Gasteiger partial charge in [-0.05, 0) is 60.1 Å². The molecule has 1 saturated carbocycles. The maximum absolute atomic E-state index is 6.34. The highest BCUT2D eigenvalue weighted by atomic mass is 15.4. The highest BCUT2D eigenvalue weighted by Gasteiger charge is 2.42. The summed E-state index contributed by atoms with van der Waals surface area (Å²) in [5.74, 6) is 0.708. The fraction of sp³-hybridized carbons (Fsp3) is 0.231. The van der Waals surface area contributed by atoms with E-state index in [1.165, 1.54) is 23.1 Å². The Kier molecular flexibility index (Phi) is 4.94. The van der Waals surface area contributed by atoms with Gasteiger partial charge in [-0.2, -0.15) is 4.99 Å². The average Bonchev–Trinajstić information content (AvgIpc) is 2.80. The monoisotopic (exact) mass is 409 g/mol. The molecule has 0 bridgehead atoms. The van der Waals surface area contributed by atoms with E-state index >= 15 is 0 Å². The van der Waals surface area contributed by atoms with Crippen LogP contribution in [0.15, 0.2) is 88.8 Å². The second kappa shape index (κ2) is 7.91. The van der Waals surface area contributed by atoms with Gasteiger partial charge in [0.2, 0.25) is 11.9 Å². The predicted octanol–water partition coefficient (Wildman–Crippen LogP) is 5.13. The number of nitrogens with zero attached hydrogens (tertiary/aromatic N) is 3. The van der Waals surface area contributed by atoms with Gasteiger partial charge >= 0.3 is 0 Å². The molecule has 4 N–H and O–H groups in total. The molecule has 1 heterocycles. The summed E-state index contributed by atoms with van der Waals surface area (Å²) >= 11 is 0. The van der Waals surface area contributed by atoms with Gasteiger partial charge in [-0.3, -0.25) is 4.90 Å². The van der Waals surface area contributed by atoms with Crippen molar-refractivity contribution >= 4 is 17.6 Å². The normalized spacial score (nSPS) is 17.9. The molecule has 2 aliphatic rings. The third kappa shape index (κ3) is 3.67. The zero-order valence-corrected chi connectivity index (χ0v) is 17.5. The van der Waals surface area contributed by atoms with Gasteiger partial charge in [0.1, 0.15) is 5.66 Å². The summed E-state index contributed by atoms with van der Waals surface area (Å²) in [5.41, 5.74) is 17.7. The van der Waals surface area contributed by atoms with Crippen molar-refractivity contribution in [2.24, 2.45) is 21.5 Å². The highest BCUT2D eigenvalue weighted by molar-refractivity contribution is 6.05. The maximum atomic E-state index is 6.34. The molecular weight excluding hydrogens is 382 g/mol. The molecule has 5 nitrogen and oxygen atoms in total. The van der Waals surface area contributed by atoms with E-state index in [1.54, 1.807) is 0 Å². The third-order valence-corrected chi connectivity index (χ3v) is 6.30. The van der Waals surface area contributed by atoms with E-state index < -0.39 is 5.66 Å². The number of hydrogen-bond donors (Lipinski definition) is 2. The van der Waals surface area contributed by atoms with E-state index in [4.69, 9.17) is 16.5 Å². The van der Waals surface area contributed by atoms with Gasteiger partial charge in [0.15, 0.2) is 0 Å². The summed E-state index contributed by atoms with van der Waals surface area (Å²) in [5, 5.41) is 0. The van der Waals surface area contributed by atoms with Gasteiger partial charge < -0.3 is 11.5 Å². The summed E-state index contributed by atoms with van der Waals surface area (Å²) in [4.78, 5) is 11.1. The van der Waals surface area contributed by atoms with Gasteiger partial charge in [0.05, 0.1) is 0 Å². The summed E-state index contributed by atoms with van der Waals surface area (Å²) in [6.45, 7) is 0. The summed E-state index contributed by atoms with van der Waals surface area (Å²) in [7, 11) is 0. The van der Waals surface area contributed by atoms with Gasteiger partial charge in [-0.1, -0.05) is 73.2 Å². The van der Waals surface area contributed by atoms with Crippen molar-refractivity contribution in [3.05, 3.63) is 78.9 Å². The molecule has 0 saturated heterocycles. The van der Waals surface area contributed by atoms with Crippen LogP contribution in [-0.4, -0.2) is 17.6 Å². The standard InChI is InChI=1S/C26H27N5/c27-24-29-25(28)31(26(30-24)17-5-2-6-18-26)23-15-13-22(14-16-23)21-11-9-20(10-12-21)19-7-3-1-4-8-19/h1,3-4,7-16H,2,5-6,17-18H2,(H4,27,28,29,30). The molecule has 5 rings (SSSR count). The van der Waals surface area contributed by atoms with Crippen molar-refractivity contribution in [1.82, 2.24) is 0 Å². The first-order valence-corrected chi connectivity index (χ1v) is 10.9. The molecule has 0 radical (unpaired) electrons. The molecule has 1 aliphatic heterocycles. The highest BCUT2D eigenvalue weighted by Crippen LogP contribution is 2.40. The largest absolute Gasteiger partial charge is 0.369 e. The zero-order valence-electron chi connectivity index (χ0n) is 17.5. The lowest BCUT2D eigenvalue weighted by molar-refractivity contribution is 0.305.